The molecule has 0 aliphatic carbocycles. The highest BCUT2D eigenvalue weighted by atomic mass is 32.1. The highest BCUT2D eigenvalue weighted by molar-refractivity contribution is 7.16. The molecule has 0 aliphatic heterocycles. The Hall–Kier alpha value is -4.08. The van der Waals surface area contributed by atoms with Gasteiger partial charge in [-0.05, 0) is 60.0 Å². The van der Waals surface area contributed by atoms with Crippen LogP contribution >= 0.6 is 11.3 Å². The van der Waals surface area contributed by atoms with Crippen LogP contribution in [-0.4, -0.2) is 44.0 Å². The van der Waals surface area contributed by atoms with Crippen LogP contribution in [0.2, 0.25) is 0 Å². The number of benzene rings is 3. The van der Waals surface area contributed by atoms with Crippen LogP contribution in [0, 0.1) is 0 Å². The van der Waals surface area contributed by atoms with Gasteiger partial charge in [0.15, 0.2) is 0 Å². The summed E-state index contributed by atoms with van der Waals surface area (Å²) in [6.45, 7) is 3.01. The number of carbonyl (C=O) groups excluding carboxylic acids is 1. The first-order valence-electron chi connectivity index (χ1n) is 12.6. The lowest BCUT2D eigenvalue weighted by atomic mass is 10.1. The highest BCUT2D eigenvalue weighted by Gasteiger charge is 2.16. The molecule has 1 heterocycles. The quantitative estimate of drug-likeness (QED) is 0.242. The second-order valence-corrected chi connectivity index (χ2v) is 9.76. The summed E-state index contributed by atoms with van der Waals surface area (Å²) in [6, 6.07) is 19.1. The van der Waals surface area contributed by atoms with Crippen molar-refractivity contribution in [2.45, 2.75) is 26.0 Å². The fourth-order valence-electron chi connectivity index (χ4n) is 4.15. The third kappa shape index (κ3) is 7.28. The van der Waals surface area contributed by atoms with Crippen molar-refractivity contribution < 1.29 is 23.7 Å². The molecule has 0 bridgehead atoms. The zero-order valence-electron chi connectivity index (χ0n) is 22.2. The summed E-state index contributed by atoms with van der Waals surface area (Å²) >= 11 is 1.22. The summed E-state index contributed by atoms with van der Waals surface area (Å²) in [5, 5.41) is 0. The topological polar surface area (TPSA) is 102 Å². The number of hydrogen-bond donors (Lipinski definition) is 1. The maximum Gasteiger partial charge on any atom is 0.308 e. The van der Waals surface area contributed by atoms with E-state index in [-0.39, 0.29) is 4.87 Å². The van der Waals surface area contributed by atoms with E-state index in [1.807, 2.05) is 79.7 Å². The van der Waals surface area contributed by atoms with E-state index in [9.17, 15) is 9.59 Å². The second kappa shape index (κ2) is 13.1. The Labute approximate surface area is 231 Å². The van der Waals surface area contributed by atoms with E-state index in [1.54, 1.807) is 18.8 Å². The fraction of sp³-hybridized carbons (Fsp3) is 0.267. The number of carbonyl (C=O) groups is 1. The number of nitrogens with zero attached hydrogens (tertiary/aromatic N) is 1. The third-order valence-corrected chi connectivity index (χ3v) is 7.09. The van der Waals surface area contributed by atoms with Gasteiger partial charge in [0.25, 0.3) is 0 Å². The van der Waals surface area contributed by atoms with Gasteiger partial charge in [-0.1, -0.05) is 41.7 Å². The van der Waals surface area contributed by atoms with Crippen LogP contribution in [0.15, 0.2) is 65.5 Å². The summed E-state index contributed by atoms with van der Waals surface area (Å²) in [7, 11) is 3.24. The van der Waals surface area contributed by atoms with Crippen molar-refractivity contribution in [3.05, 3.63) is 87.0 Å². The van der Waals surface area contributed by atoms with Crippen molar-refractivity contribution in [2.75, 3.05) is 27.4 Å². The summed E-state index contributed by atoms with van der Waals surface area (Å²) < 4.78 is 24.6. The Morgan fingerprint density at radius 3 is 2.28 bits per heavy atom. The predicted octanol–water partition coefficient (Wildman–Crippen LogP) is 4.76. The molecule has 4 rings (SSSR count). The van der Waals surface area contributed by atoms with Crippen molar-refractivity contribution in [2.24, 2.45) is 5.73 Å². The Balaban J connectivity index is 1.39. The maximum absolute atomic E-state index is 12.7. The third-order valence-electron chi connectivity index (χ3n) is 6.15. The van der Waals surface area contributed by atoms with E-state index in [0.29, 0.717) is 31.9 Å². The lowest BCUT2D eigenvalue weighted by Crippen LogP contribution is -2.33. The molecule has 1 aromatic heterocycles. The maximum atomic E-state index is 12.7. The van der Waals surface area contributed by atoms with Gasteiger partial charge in [0.1, 0.15) is 30.0 Å². The molecule has 1 amide bonds. The smallest absolute Gasteiger partial charge is 0.308 e. The number of primary amides is 1. The number of amides is 1. The lowest BCUT2D eigenvalue weighted by Gasteiger charge is -2.14. The molecule has 0 spiro atoms. The van der Waals surface area contributed by atoms with E-state index >= 15 is 0 Å². The van der Waals surface area contributed by atoms with Crippen molar-refractivity contribution in [1.29, 1.82) is 0 Å². The normalized spacial score (nSPS) is 12.1. The molecule has 1 unspecified atom stereocenters. The number of fused-ring (bicyclic) bond motifs is 1. The van der Waals surface area contributed by atoms with Gasteiger partial charge in [-0.3, -0.25) is 14.2 Å². The first-order valence-corrected chi connectivity index (χ1v) is 13.4. The van der Waals surface area contributed by atoms with Crippen LogP contribution in [0.1, 0.15) is 23.6 Å². The van der Waals surface area contributed by atoms with Gasteiger partial charge in [0.2, 0.25) is 5.91 Å². The SMILES string of the molecule is CCOC(Cc1ccc(OCCn2c(=O)sc3cc(/C=C/c4cc(OC)cc(OC)c4)ccc32)cc1)C(N)=O. The summed E-state index contributed by atoms with van der Waals surface area (Å²) in [6.07, 6.45) is 3.73. The molecule has 0 saturated heterocycles. The fourth-order valence-corrected chi connectivity index (χ4v) is 5.12. The van der Waals surface area contributed by atoms with E-state index in [4.69, 9.17) is 24.7 Å². The highest BCUT2D eigenvalue weighted by Crippen LogP contribution is 2.25. The number of ether oxygens (including phenoxy) is 4. The van der Waals surface area contributed by atoms with Gasteiger partial charge >= 0.3 is 4.87 Å². The van der Waals surface area contributed by atoms with Crippen LogP contribution in [-0.2, 0) is 22.5 Å². The number of thiazole rings is 1. The first-order chi connectivity index (χ1) is 18.9. The van der Waals surface area contributed by atoms with Crippen molar-refractivity contribution in [1.82, 2.24) is 4.57 Å². The molecule has 0 saturated carbocycles. The Morgan fingerprint density at radius 2 is 1.64 bits per heavy atom. The molecule has 1 atom stereocenters. The minimum atomic E-state index is -0.651. The molecule has 9 heteroatoms. The first kappa shape index (κ1) is 27.9. The van der Waals surface area contributed by atoms with Crippen molar-refractivity contribution in [3.8, 4) is 17.2 Å². The number of nitrogens with two attached hydrogens (primary N) is 1. The molecular weight excluding hydrogens is 516 g/mol. The molecule has 204 valence electrons. The minimum Gasteiger partial charge on any atom is -0.497 e. The Morgan fingerprint density at radius 1 is 0.949 bits per heavy atom. The average Bonchev–Trinajstić information content (AvgIpc) is 3.26. The number of methoxy groups -OCH3 is 2. The largest absolute Gasteiger partial charge is 0.497 e. The molecule has 0 radical (unpaired) electrons. The molecule has 0 fully saturated rings. The van der Waals surface area contributed by atoms with Crippen LogP contribution < -0.4 is 24.8 Å². The molecule has 4 aromatic rings. The molecule has 2 N–H and O–H groups in total. The number of aromatic nitrogens is 1. The second-order valence-electron chi connectivity index (χ2n) is 8.77. The van der Waals surface area contributed by atoms with Crippen LogP contribution in [0.5, 0.6) is 17.2 Å². The predicted molar refractivity (Wildman–Crippen MR) is 155 cm³/mol. The van der Waals surface area contributed by atoms with E-state index in [2.05, 4.69) is 0 Å². The molecule has 3 aromatic carbocycles. The Kier molecular flexibility index (Phi) is 9.40. The number of hydrogen-bond acceptors (Lipinski definition) is 7. The van der Waals surface area contributed by atoms with E-state index in [1.165, 1.54) is 11.3 Å². The molecule has 39 heavy (non-hydrogen) atoms. The summed E-state index contributed by atoms with van der Waals surface area (Å²) in [5.41, 5.74) is 9.13. The van der Waals surface area contributed by atoms with Crippen LogP contribution in [0.25, 0.3) is 22.4 Å². The van der Waals surface area contributed by atoms with Gasteiger partial charge in [-0.2, -0.15) is 0 Å². The zero-order chi connectivity index (χ0) is 27.8. The van der Waals surface area contributed by atoms with Gasteiger partial charge < -0.3 is 24.7 Å². The number of rotatable bonds is 13. The van der Waals surface area contributed by atoms with E-state index in [0.717, 1.165) is 38.4 Å². The Bertz CT molecular complexity index is 1480. The monoisotopic (exact) mass is 548 g/mol. The van der Waals surface area contributed by atoms with Gasteiger partial charge in [0.05, 0.1) is 31.0 Å². The van der Waals surface area contributed by atoms with Gasteiger partial charge in [0, 0.05) is 19.1 Å². The van der Waals surface area contributed by atoms with Crippen molar-refractivity contribution in [3.63, 3.8) is 0 Å². The summed E-state index contributed by atoms with van der Waals surface area (Å²) in [4.78, 5) is 24.2. The standard InChI is InChI=1S/C30H32N2O6S/c1-4-37-27(29(31)33)17-20-7-10-23(11-8-20)38-14-13-32-26-12-9-21(18-28(26)39-30(32)34)5-6-22-15-24(35-2)19-25(16-22)36-3/h5-12,15-16,18-19,27H,4,13-14,17H2,1-3H3,(H2,31,33)/b6-5+. The zero-order valence-corrected chi connectivity index (χ0v) is 23.0. The summed E-state index contributed by atoms with van der Waals surface area (Å²) in [5.74, 6) is 1.64. The van der Waals surface area contributed by atoms with Crippen molar-refractivity contribution >= 4 is 39.6 Å². The minimum absolute atomic E-state index is 0.0315. The average molecular weight is 549 g/mol. The molecule has 0 aliphatic rings. The van der Waals surface area contributed by atoms with E-state index < -0.39 is 12.0 Å². The van der Waals surface area contributed by atoms with Crippen LogP contribution in [0.4, 0.5) is 0 Å². The van der Waals surface area contributed by atoms with Gasteiger partial charge in [-0.15, -0.1) is 0 Å². The molecule has 8 nitrogen and oxygen atoms in total. The molecular formula is C30H32N2O6S. The van der Waals surface area contributed by atoms with Gasteiger partial charge in [-0.25, -0.2) is 0 Å². The van der Waals surface area contributed by atoms with Crippen LogP contribution in [0.3, 0.4) is 0 Å². The lowest BCUT2D eigenvalue weighted by molar-refractivity contribution is -0.129.